The molecule has 0 heterocycles. The molecule has 0 saturated heterocycles. The van der Waals surface area contributed by atoms with E-state index < -0.39 is 11.9 Å². The van der Waals surface area contributed by atoms with E-state index in [-0.39, 0.29) is 30.7 Å². The number of nitrogens with two attached hydrogens (primary N) is 1. The molecule has 0 aromatic heterocycles. The van der Waals surface area contributed by atoms with Gasteiger partial charge >= 0.3 is 0 Å². The Bertz CT molecular complexity index is 416. The predicted molar refractivity (Wildman–Crippen MR) is 73.3 cm³/mol. The summed E-state index contributed by atoms with van der Waals surface area (Å²) >= 11 is 0. The Kier molecular flexibility index (Phi) is 8.06. The number of amides is 1. The minimum Gasteiger partial charge on any atom is -0.488 e. The van der Waals surface area contributed by atoms with E-state index in [1.807, 2.05) is 0 Å². The molecule has 1 aromatic rings. The van der Waals surface area contributed by atoms with Crippen molar-refractivity contribution in [1.82, 2.24) is 0 Å². The van der Waals surface area contributed by atoms with Crippen LogP contribution in [-0.4, -0.2) is 32.3 Å². The van der Waals surface area contributed by atoms with E-state index >= 15 is 0 Å². The quantitative estimate of drug-likeness (QED) is 0.780. The van der Waals surface area contributed by atoms with Crippen molar-refractivity contribution in [2.24, 2.45) is 5.73 Å². The molecule has 0 unspecified atom stereocenters. The second kappa shape index (κ2) is 8.68. The number of rotatable bonds is 6. The molecule has 0 saturated carbocycles. The summed E-state index contributed by atoms with van der Waals surface area (Å²) in [5, 5.41) is 2.49. The van der Waals surface area contributed by atoms with Gasteiger partial charge in [-0.05, 0) is 19.1 Å². The highest BCUT2D eigenvalue weighted by atomic mass is 35.5. The van der Waals surface area contributed by atoms with Gasteiger partial charge in [-0.25, -0.2) is 4.39 Å². The fourth-order valence-electron chi connectivity index (χ4n) is 1.19. The first-order valence-electron chi connectivity index (χ1n) is 5.52. The van der Waals surface area contributed by atoms with Gasteiger partial charge in [-0.3, -0.25) is 4.79 Å². The van der Waals surface area contributed by atoms with E-state index in [0.29, 0.717) is 12.3 Å². The van der Waals surface area contributed by atoms with Crippen molar-refractivity contribution in [3.63, 3.8) is 0 Å². The SMILES string of the molecule is COCCOc1ccc(NC(=O)[C@@H](C)N)cc1F.Cl. The van der Waals surface area contributed by atoms with Gasteiger partial charge in [-0.15, -0.1) is 12.4 Å². The van der Waals surface area contributed by atoms with Crippen LogP contribution in [0.25, 0.3) is 0 Å². The van der Waals surface area contributed by atoms with E-state index in [1.165, 1.54) is 19.2 Å². The number of methoxy groups -OCH3 is 1. The smallest absolute Gasteiger partial charge is 0.241 e. The minimum atomic E-state index is -0.648. The number of anilines is 1. The second-order valence-electron chi connectivity index (χ2n) is 3.76. The van der Waals surface area contributed by atoms with Crippen molar-refractivity contribution in [1.29, 1.82) is 0 Å². The van der Waals surface area contributed by atoms with E-state index in [2.05, 4.69) is 5.32 Å². The van der Waals surface area contributed by atoms with Crippen molar-refractivity contribution >= 4 is 24.0 Å². The van der Waals surface area contributed by atoms with Crippen molar-refractivity contribution in [3.8, 4) is 5.75 Å². The van der Waals surface area contributed by atoms with Gasteiger partial charge in [0.15, 0.2) is 11.6 Å². The molecule has 0 aliphatic heterocycles. The largest absolute Gasteiger partial charge is 0.488 e. The normalized spacial score (nSPS) is 11.4. The zero-order valence-electron chi connectivity index (χ0n) is 10.8. The molecule has 1 rings (SSSR count). The molecule has 0 bridgehead atoms. The molecule has 0 fully saturated rings. The Labute approximate surface area is 117 Å². The number of carbonyl (C=O) groups excluding carboxylic acids is 1. The molecule has 19 heavy (non-hydrogen) atoms. The van der Waals surface area contributed by atoms with Crippen molar-refractivity contribution in [2.75, 3.05) is 25.6 Å². The molecule has 0 radical (unpaired) electrons. The summed E-state index contributed by atoms with van der Waals surface area (Å²) in [4.78, 5) is 11.3. The maximum absolute atomic E-state index is 13.6. The molecule has 1 amide bonds. The van der Waals surface area contributed by atoms with Crippen molar-refractivity contribution < 1.29 is 18.7 Å². The van der Waals surface area contributed by atoms with Crippen LogP contribution >= 0.6 is 12.4 Å². The fraction of sp³-hybridized carbons (Fsp3) is 0.417. The van der Waals surface area contributed by atoms with Crippen LogP contribution in [0.1, 0.15) is 6.92 Å². The Morgan fingerprint density at radius 3 is 2.68 bits per heavy atom. The number of benzene rings is 1. The van der Waals surface area contributed by atoms with Crippen LogP contribution in [0, 0.1) is 5.82 Å². The summed E-state index contributed by atoms with van der Waals surface area (Å²) in [6.07, 6.45) is 0. The highest BCUT2D eigenvalue weighted by molar-refractivity contribution is 5.94. The molecule has 1 atom stereocenters. The van der Waals surface area contributed by atoms with Gasteiger partial charge in [0, 0.05) is 18.9 Å². The minimum absolute atomic E-state index is 0. The molecule has 3 N–H and O–H groups in total. The number of hydrogen-bond donors (Lipinski definition) is 2. The summed E-state index contributed by atoms with van der Waals surface area (Å²) < 4.78 is 23.5. The molecule has 0 spiro atoms. The first-order valence-corrected chi connectivity index (χ1v) is 5.52. The first-order chi connectivity index (χ1) is 8.54. The lowest BCUT2D eigenvalue weighted by Gasteiger charge is -2.10. The molecule has 1 aromatic carbocycles. The van der Waals surface area contributed by atoms with Crippen LogP contribution < -0.4 is 15.8 Å². The summed E-state index contributed by atoms with van der Waals surface area (Å²) in [7, 11) is 1.53. The van der Waals surface area contributed by atoms with Crippen LogP contribution in [-0.2, 0) is 9.53 Å². The standard InChI is InChI=1S/C12H17FN2O3.ClH/c1-8(14)12(16)15-9-3-4-11(10(13)7-9)18-6-5-17-2;/h3-4,7-8H,5-6,14H2,1-2H3,(H,15,16);1H/t8-;/m1./s1. The van der Waals surface area contributed by atoms with Gasteiger partial charge < -0.3 is 20.5 Å². The van der Waals surface area contributed by atoms with Crippen LogP contribution in [0.2, 0.25) is 0 Å². The third-order valence-electron chi connectivity index (χ3n) is 2.16. The van der Waals surface area contributed by atoms with Gasteiger partial charge in [0.1, 0.15) is 6.61 Å². The number of ether oxygens (including phenoxy) is 2. The van der Waals surface area contributed by atoms with Gasteiger partial charge in [-0.1, -0.05) is 0 Å². The molecule has 108 valence electrons. The van der Waals surface area contributed by atoms with Gasteiger partial charge in [-0.2, -0.15) is 0 Å². The second-order valence-corrected chi connectivity index (χ2v) is 3.76. The monoisotopic (exact) mass is 292 g/mol. The van der Waals surface area contributed by atoms with E-state index in [0.717, 1.165) is 0 Å². The van der Waals surface area contributed by atoms with Crippen molar-refractivity contribution in [2.45, 2.75) is 13.0 Å². The van der Waals surface area contributed by atoms with Gasteiger partial charge in [0.2, 0.25) is 5.91 Å². The molecule has 0 aliphatic rings. The maximum Gasteiger partial charge on any atom is 0.241 e. The Morgan fingerprint density at radius 1 is 1.47 bits per heavy atom. The molecule has 0 aliphatic carbocycles. The van der Waals surface area contributed by atoms with Gasteiger partial charge in [0.25, 0.3) is 0 Å². The van der Waals surface area contributed by atoms with E-state index in [1.54, 1.807) is 13.0 Å². The van der Waals surface area contributed by atoms with E-state index in [9.17, 15) is 9.18 Å². The average molecular weight is 293 g/mol. The average Bonchev–Trinajstić information content (AvgIpc) is 2.32. The van der Waals surface area contributed by atoms with Crippen molar-refractivity contribution in [3.05, 3.63) is 24.0 Å². The molecular weight excluding hydrogens is 275 g/mol. The zero-order chi connectivity index (χ0) is 13.5. The van der Waals surface area contributed by atoms with E-state index in [4.69, 9.17) is 15.2 Å². The number of nitrogens with one attached hydrogen (secondary N) is 1. The highest BCUT2D eigenvalue weighted by Gasteiger charge is 2.10. The number of hydrogen-bond acceptors (Lipinski definition) is 4. The number of carbonyl (C=O) groups is 1. The lowest BCUT2D eigenvalue weighted by Crippen LogP contribution is -2.32. The summed E-state index contributed by atoms with van der Waals surface area (Å²) in [6.45, 7) is 2.19. The van der Waals surface area contributed by atoms with Crippen LogP contribution in [0.5, 0.6) is 5.75 Å². The lowest BCUT2D eigenvalue weighted by atomic mass is 10.2. The van der Waals surface area contributed by atoms with Crippen LogP contribution in [0.4, 0.5) is 10.1 Å². The third kappa shape index (κ3) is 5.87. The third-order valence-corrected chi connectivity index (χ3v) is 2.16. The summed E-state index contributed by atoms with van der Waals surface area (Å²) in [5.41, 5.74) is 5.73. The number of halogens is 2. The Balaban J connectivity index is 0.00000324. The summed E-state index contributed by atoms with van der Waals surface area (Å²) in [6, 6.07) is 3.53. The predicted octanol–water partition coefficient (Wildman–Crippen LogP) is 1.56. The first kappa shape index (κ1) is 17.6. The van der Waals surface area contributed by atoms with Crippen LogP contribution in [0.15, 0.2) is 18.2 Å². The highest BCUT2D eigenvalue weighted by Crippen LogP contribution is 2.21. The zero-order valence-corrected chi connectivity index (χ0v) is 11.6. The summed E-state index contributed by atoms with van der Waals surface area (Å²) in [5.74, 6) is -0.804. The maximum atomic E-state index is 13.6. The molecular formula is C12H18ClFN2O3. The lowest BCUT2D eigenvalue weighted by molar-refractivity contribution is -0.117. The van der Waals surface area contributed by atoms with Crippen LogP contribution in [0.3, 0.4) is 0 Å². The fourth-order valence-corrected chi connectivity index (χ4v) is 1.19. The molecule has 5 nitrogen and oxygen atoms in total. The Morgan fingerprint density at radius 2 is 2.16 bits per heavy atom. The molecule has 7 heteroatoms. The Hall–Kier alpha value is -1.37. The topological polar surface area (TPSA) is 73.6 Å². The van der Waals surface area contributed by atoms with Gasteiger partial charge in [0.05, 0.1) is 12.6 Å².